The van der Waals surface area contributed by atoms with Crippen LogP contribution in [-0.2, 0) is 25.3 Å². The van der Waals surface area contributed by atoms with Crippen LogP contribution in [0.1, 0.15) is 53.0 Å². The molecule has 0 N–H and O–H groups in total. The fourth-order valence-corrected chi connectivity index (χ4v) is 9.89. The topological polar surface area (TPSA) is 44.8 Å². The number of benzene rings is 3. The van der Waals surface area contributed by atoms with Crippen molar-refractivity contribution in [2.75, 3.05) is 13.7 Å². The van der Waals surface area contributed by atoms with Gasteiger partial charge in [0.05, 0.1) is 26.4 Å². The summed E-state index contributed by atoms with van der Waals surface area (Å²) >= 11 is 0. The predicted molar refractivity (Wildman–Crippen MR) is 181 cm³/mol. The molecule has 43 heavy (non-hydrogen) atoms. The lowest BCUT2D eigenvalue weighted by atomic mass is 9.99. The van der Waals surface area contributed by atoms with Crippen LogP contribution in [0, 0.1) is 5.92 Å². The third-order valence-electron chi connectivity index (χ3n) is 7.84. The Morgan fingerprint density at radius 1 is 0.860 bits per heavy atom. The van der Waals surface area contributed by atoms with Gasteiger partial charge in [0, 0.05) is 12.0 Å². The number of hydrogen-bond donors (Lipinski definition) is 0. The molecule has 5 heteroatoms. The molecule has 3 aromatic rings. The van der Waals surface area contributed by atoms with Crippen LogP contribution in [0.5, 0.6) is 0 Å². The minimum absolute atomic E-state index is 0.0441. The summed E-state index contributed by atoms with van der Waals surface area (Å²) < 4.78 is 18.4. The highest BCUT2D eigenvalue weighted by molar-refractivity contribution is 6.99. The monoisotopic (exact) mass is 596 g/mol. The molecule has 3 aromatic carbocycles. The molecule has 228 valence electrons. The molecule has 0 aliphatic carbocycles. The number of methoxy groups -OCH3 is 1. The van der Waals surface area contributed by atoms with E-state index in [1.54, 1.807) is 6.08 Å². The largest absolute Gasteiger partial charge is 0.466 e. The van der Waals surface area contributed by atoms with Crippen LogP contribution in [-0.4, -0.2) is 34.1 Å². The van der Waals surface area contributed by atoms with E-state index in [1.807, 2.05) is 24.3 Å². The summed E-state index contributed by atoms with van der Waals surface area (Å²) in [5, 5.41) is 2.49. The van der Waals surface area contributed by atoms with Crippen molar-refractivity contribution in [2.45, 2.75) is 65.2 Å². The Morgan fingerprint density at radius 3 is 1.93 bits per heavy atom. The number of esters is 1. The van der Waals surface area contributed by atoms with Gasteiger partial charge >= 0.3 is 5.97 Å². The molecule has 0 heterocycles. The lowest BCUT2D eigenvalue weighted by Crippen LogP contribution is -2.66. The van der Waals surface area contributed by atoms with Gasteiger partial charge in [0.25, 0.3) is 8.32 Å². The van der Waals surface area contributed by atoms with Crippen molar-refractivity contribution in [3.63, 3.8) is 0 Å². The Kier molecular flexibility index (Phi) is 13.4. The van der Waals surface area contributed by atoms with Crippen molar-refractivity contribution in [3.05, 3.63) is 133 Å². The summed E-state index contributed by atoms with van der Waals surface area (Å²) in [5.74, 6) is -0.247. The molecule has 0 saturated heterocycles. The summed E-state index contributed by atoms with van der Waals surface area (Å²) in [4.78, 5) is 11.5. The van der Waals surface area contributed by atoms with Gasteiger partial charge in [0.15, 0.2) is 0 Å². The standard InChI is InChI=1S/C38H48O4Si/c1-7-32(30-42-43(38(3,4)5,34-22-13-9-14-23-34)35-24-15-10-16-25-35)27-28-36(41-29-33-20-11-8-12-21-33)31(2)19-17-18-26-37(39)40-6/h8-27,31,36H,7,28-30H2,1-6H3/b19-17+,26-18+,32-27+/t31-,36-/m1/s1. The number of rotatable bonds is 15. The fourth-order valence-electron chi connectivity index (χ4n) is 5.33. The molecule has 4 nitrogen and oxygen atoms in total. The van der Waals surface area contributed by atoms with Crippen molar-refractivity contribution in [2.24, 2.45) is 5.92 Å². The summed E-state index contributed by atoms with van der Waals surface area (Å²) in [5.41, 5.74) is 2.41. The van der Waals surface area contributed by atoms with Crippen molar-refractivity contribution >= 4 is 24.7 Å². The summed E-state index contributed by atoms with van der Waals surface area (Å²) in [6.45, 7) is 12.4. The lowest BCUT2D eigenvalue weighted by Gasteiger charge is -2.43. The van der Waals surface area contributed by atoms with E-state index in [1.165, 1.54) is 29.1 Å². The second-order valence-electron chi connectivity index (χ2n) is 11.9. The molecular weight excluding hydrogens is 549 g/mol. The van der Waals surface area contributed by atoms with Crippen molar-refractivity contribution in [1.82, 2.24) is 0 Å². The van der Waals surface area contributed by atoms with Gasteiger partial charge in [-0.3, -0.25) is 0 Å². The first-order chi connectivity index (χ1) is 20.7. The first-order valence-electron chi connectivity index (χ1n) is 15.2. The van der Waals surface area contributed by atoms with Crippen LogP contribution < -0.4 is 10.4 Å². The van der Waals surface area contributed by atoms with Crippen LogP contribution in [0.4, 0.5) is 0 Å². The molecule has 0 saturated carbocycles. The third kappa shape index (κ3) is 9.75. The average Bonchev–Trinajstić information content (AvgIpc) is 3.02. The van der Waals surface area contributed by atoms with Gasteiger partial charge in [-0.1, -0.05) is 155 Å². The van der Waals surface area contributed by atoms with E-state index in [4.69, 9.17) is 13.9 Å². The zero-order valence-electron chi connectivity index (χ0n) is 26.7. The minimum atomic E-state index is -2.63. The summed E-state index contributed by atoms with van der Waals surface area (Å²) in [6.07, 6.45) is 11.0. The van der Waals surface area contributed by atoms with E-state index in [-0.39, 0.29) is 23.0 Å². The highest BCUT2D eigenvalue weighted by atomic mass is 28.4. The maximum Gasteiger partial charge on any atom is 0.330 e. The van der Waals surface area contributed by atoms with E-state index in [0.29, 0.717) is 13.2 Å². The predicted octanol–water partition coefficient (Wildman–Crippen LogP) is 7.80. The molecule has 0 radical (unpaired) electrons. The molecule has 0 unspecified atom stereocenters. The number of carbonyl (C=O) groups excluding carboxylic acids is 1. The number of carbonyl (C=O) groups is 1. The third-order valence-corrected chi connectivity index (χ3v) is 12.8. The van der Waals surface area contributed by atoms with Gasteiger partial charge in [0.1, 0.15) is 0 Å². The first-order valence-corrected chi connectivity index (χ1v) is 17.1. The molecular formula is C38H48O4Si. The number of ether oxygens (including phenoxy) is 2. The van der Waals surface area contributed by atoms with E-state index in [2.05, 4.69) is 120 Å². The smallest absolute Gasteiger partial charge is 0.330 e. The second-order valence-corrected chi connectivity index (χ2v) is 16.2. The minimum Gasteiger partial charge on any atom is -0.466 e. The van der Waals surface area contributed by atoms with Crippen molar-refractivity contribution in [3.8, 4) is 0 Å². The van der Waals surface area contributed by atoms with Crippen molar-refractivity contribution in [1.29, 1.82) is 0 Å². The molecule has 0 spiro atoms. The zero-order valence-corrected chi connectivity index (χ0v) is 27.7. The highest BCUT2D eigenvalue weighted by Crippen LogP contribution is 2.37. The second kappa shape index (κ2) is 17.0. The average molecular weight is 597 g/mol. The van der Waals surface area contributed by atoms with Gasteiger partial charge in [-0.15, -0.1) is 0 Å². The van der Waals surface area contributed by atoms with E-state index in [0.717, 1.165) is 18.4 Å². The SMILES string of the molecule is CC/C(=C\C[C@@H](OCc1ccccc1)[C@H](C)/C=C/C=C/C(=O)OC)CO[Si](c1ccccc1)(c1ccccc1)C(C)(C)C. The molecule has 0 bridgehead atoms. The van der Waals surface area contributed by atoms with Gasteiger partial charge in [0.2, 0.25) is 0 Å². The van der Waals surface area contributed by atoms with Gasteiger partial charge in [-0.25, -0.2) is 4.79 Å². The number of hydrogen-bond acceptors (Lipinski definition) is 4. The van der Waals surface area contributed by atoms with Crippen molar-refractivity contribution < 1.29 is 18.7 Å². The first kappa shape index (κ1) is 34.0. The molecule has 0 fully saturated rings. The lowest BCUT2D eigenvalue weighted by molar-refractivity contribution is -0.134. The van der Waals surface area contributed by atoms with Crippen LogP contribution in [0.2, 0.25) is 5.04 Å². The summed E-state index contributed by atoms with van der Waals surface area (Å²) in [6, 6.07) is 31.8. The molecule has 3 rings (SSSR count). The van der Waals surface area contributed by atoms with Crippen LogP contribution in [0.25, 0.3) is 0 Å². The summed E-state index contributed by atoms with van der Waals surface area (Å²) in [7, 11) is -1.25. The molecule has 0 amide bonds. The van der Waals surface area contributed by atoms with Crippen LogP contribution in [0.15, 0.2) is 127 Å². The van der Waals surface area contributed by atoms with Crippen LogP contribution in [0.3, 0.4) is 0 Å². The maximum absolute atomic E-state index is 11.5. The Balaban J connectivity index is 1.86. The molecule has 0 aliphatic heterocycles. The van der Waals surface area contributed by atoms with E-state index in [9.17, 15) is 4.79 Å². The molecule has 0 aliphatic rings. The van der Waals surface area contributed by atoms with Gasteiger partial charge < -0.3 is 13.9 Å². The Hall–Kier alpha value is -3.51. The molecule has 2 atom stereocenters. The zero-order chi connectivity index (χ0) is 31.1. The van der Waals surface area contributed by atoms with E-state index >= 15 is 0 Å². The Bertz CT molecular complexity index is 1290. The molecule has 0 aromatic heterocycles. The highest BCUT2D eigenvalue weighted by Gasteiger charge is 2.50. The quantitative estimate of drug-likeness (QED) is 0.0591. The Labute approximate surface area is 260 Å². The Morgan fingerprint density at radius 2 is 1.42 bits per heavy atom. The number of allylic oxidation sites excluding steroid dienone is 2. The van der Waals surface area contributed by atoms with Crippen LogP contribution >= 0.6 is 0 Å². The van der Waals surface area contributed by atoms with E-state index < -0.39 is 8.32 Å². The van der Waals surface area contributed by atoms with Gasteiger partial charge in [-0.2, -0.15) is 0 Å². The maximum atomic E-state index is 11.5. The normalized spacial score (nSPS) is 14.2. The van der Waals surface area contributed by atoms with Gasteiger partial charge in [-0.05, 0) is 33.8 Å². The fraction of sp³-hybridized carbons (Fsp3) is 0.342.